The van der Waals surface area contributed by atoms with Crippen LogP contribution in [0.3, 0.4) is 0 Å². The summed E-state index contributed by atoms with van der Waals surface area (Å²) in [6.07, 6.45) is 1.69. The molecule has 0 fully saturated rings. The Morgan fingerprint density at radius 2 is 1.92 bits per heavy atom. The lowest BCUT2D eigenvalue weighted by molar-refractivity contribution is 0.102. The maximum Gasteiger partial charge on any atom is 0.256 e. The minimum Gasteiger partial charge on any atom is -0.494 e. The zero-order valence-corrected chi connectivity index (χ0v) is 13.8. The van der Waals surface area contributed by atoms with Crippen molar-refractivity contribution in [3.8, 4) is 5.75 Å². The normalized spacial score (nSPS) is 10.5. The monoisotopic (exact) mass is 339 g/mol. The maximum atomic E-state index is 13.7. The van der Waals surface area contributed by atoms with Gasteiger partial charge in [-0.1, -0.05) is 18.2 Å². The van der Waals surface area contributed by atoms with Gasteiger partial charge in [-0.25, -0.2) is 4.39 Å². The summed E-state index contributed by atoms with van der Waals surface area (Å²) in [5.74, 6) is 0.584. The summed E-state index contributed by atoms with van der Waals surface area (Å²) in [6.45, 7) is 2.77. The number of aromatic nitrogens is 2. The van der Waals surface area contributed by atoms with Gasteiger partial charge < -0.3 is 10.1 Å². The smallest absolute Gasteiger partial charge is 0.256 e. The van der Waals surface area contributed by atoms with Gasteiger partial charge in [-0.15, -0.1) is 0 Å². The Labute approximate surface area is 145 Å². The molecule has 0 radical (unpaired) electrons. The van der Waals surface area contributed by atoms with Crippen LogP contribution in [0, 0.1) is 5.82 Å². The lowest BCUT2D eigenvalue weighted by atomic mass is 10.2. The highest BCUT2D eigenvalue weighted by molar-refractivity contribution is 6.03. The molecule has 0 saturated heterocycles. The van der Waals surface area contributed by atoms with E-state index in [0.717, 1.165) is 0 Å². The highest BCUT2D eigenvalue weighted by Crippen LogP contribution is 2.14. The number of hydrogen-bond acceptors (Lipinski definition) is 3. The van der Waals surface area contributed by atoms with Crippen molar-refractivity contribution in [1.29, 1.82) is 0 Å². The summed E-state index contributed by atoms with van der Waals surface area (Å²) in [6, 6.07) is 15.1. The molecule has 2 aromatic carbocycles. The van der Waals surface area contributed by atoms with Crippen LogP contribution in [0.15, 0.2) is 60.8 Å². The van der Waals surface area contributed by atoms with Gasteiger partial charge in [0.05, 0.1) is 13.2 Å². The molecule has 0 spiro atoms. The highest BCUT2D eigenvalue weighted by Gasteiger charge is 2.09. The first-order valence-electron chi connectivity index (χ1n) is 7.97. The van der Waals surface area contributed by atoms with Gasteiger partial charge in [-0.2, -0.15) is 5.10 Å². The number of hydrogen-bond donors (Lipinski definition) is 1. The van der Waals surface area contributed by atoms with Crippen LogP contribution in [0.2, 0.25) is 0 Å². The van der Waals surface area contributed by atoms with Crippen molar-refractivity contribution in [3.63, 3.8) is 0 Å². The molecule has 25 heavy (non-hydrogen) atoms. The number of rotatable bonds is 6. The van der Waals surface area contributed by atoms with Gasteiger partial charge in [0, 0.05) is 23.4 Å². The summed E-state index contributed by atoms with van der Waals surface area (Å²) in [5.41, 5.74) is 1.04. The predicted octanol–water partition coefficient (Wildman–Crippen LogP) is 3.72. The zero-order chi connectivity index (χ0) is 17.6. The number of benzene rings is 2. The van der Waals surface area contributed by atoms with Crippen LogP contribution in [0.25, 0.3) is 0 Å². The molecule has 0 aliphatic rings. The minimum absolute atomic E-state index is 0.265. The minimum atomic E-state index is -0.280. The zero-order valence-electron chi connectivity index (χ0n) is 13.8. The molecule has 0 bridgehead atoms. The van der Waals surface area contributed by atoms with Crippen LogP contribution in [-0.4, -0.2) is 22.3 Å². The molecule has 0 saturated carbocycles. The van der Waals surface area contributed by atoms with E-state index in [4.69, 9.17) is 4.74 Å². The average molecular weight is 339 g/mol. The summed E-state index contributed by atoms with van der Waals surface area (Å²) in [5, 5.41) is 6.98. The highest BCUT2D eigenvalue weighted by atomic mass is 19.1. The van der Waals surface area contributed by atoms with E-state index in [2.05, 4.69) is 10.4 Å². The van der Waals surface area contributed by atoms with Crippen LogP contribution < -0.4 is 10.1 Å². The molecule has 1 heterocycles. The summed E-state index contributed by atoms with van der Waals surface area (Å²) in [4.78, 5) is 12.2. The third-order valence-corrected chi connectivity index (χ3v) is 3.60. The number of carbonyl (C=O) groups is 1. The molecule has 6 heteroatoms. The Hall–Kier alpha value is -3.15. The van der Waals surface area contributed by atoms with E-state index in [1.807, 2.05) is 6.92 Å². The first-order valence-corrected chi connectivity index (χ1v) is 7.97. The lowest BCUT2D eigenvalue weighted by Crippen LogP contribution is -2.13. The molecule has 3 aromatic rings. The Balaban J connectivity index is 1.64. The fraction of sp³-hybridized carbons (Fsp3) is 0.158. The summed E-state index contributed by atoms with van der Waals surface area (Å²) < 4.78 is 20.6. The number of halogens is 1. The van der Waals surface area contributed by atoms with Gasteiger partial charge in [-0.3, -0.25) is 9.48 Å². The third kappa shape index (κ3) is 4.23. The SMILES string of the molecule is CCOc1ccc(C(=O)Nc2ccn(Cc3ccccc3F)n2)cc1. The van der Waals surface area contributed by atoms with Crippen molar-refractivity contribution in [2.45, 2.75) is 13.5 Å². The number of nitrogens with one attached hydrogen (secondary N) is 1. The molecule has 3 rings (SSSR count). The number of anilines is 1. The second-order valence-electron chi connectivity index (χ2n) is 5.40. The van der Waals surface area contributed by atoms with Crippen molar-refractivity contribution in [3.05, 3.63) is 77.7 Å². The summed E-state index contributed by atoms with van der Waals surface area (Å²) >= 11 is 0. The molecule has 1 aromatic heterocycles. The van der Waals surface area contributed by atoms with Crippen LogP contribution in [0.4, 0.5) is 10.2 Å². The van der Waals surface area contributed by atoms with Gasteiger partial charge in [0.1, 0.15) is 11.6 Å². The lowest BCUT2D eigenvalue weighted by Gasteiger charge is -2.05. The van der Waals surface area contributed by atoms with E-state index < -0.39 is 0 Å². The first kappa shape index (κ1) is 16.7. The maximum absolute atomic E-state index is 13.7. The van der Waals surface area contributed by atoms with E-state index in [1.165, 1.54) is 6.07 Å². The van der Waals surface area contributed by atoms with E-state index in [1.54, 1.807) is 59.4 Å². The second-order valence-corrected chi connectivity index (χ2v) is 5.40. The number of nitrogens with zero attached hydrogens (tertiary/aromatic N) is 2. The molecule has 0 unspecified atom stereocenters. The Morgan fingerprint density at radius 3 is 2.64 bits per heavy atom. The molecular formula is C19H18FN3O2. The fourth-order valence-electron chi connectivity index (χ4n) is 2.38. The average Bonchev–Trinajstić information content (AvgIpc) is 3.05. The summed E-state index contributed by atoms with van der Waals surface area (Å²) in [7, 11) is 0. The van der Waals surface area contributed by atoms with E-state index in [9.17, 15) is 9.18 Å². The molecule has 1 amide bonds. The molecule has 1 N–H and O–H groups in total. The fourth-order valence-corrected chi connectivity index (χ4v) is 2.38. The van der Waals surface area contributed by atoms with Gasteiger partial charge in [0.2, 0.25) is 0 Å². The van der Waals surface area contributed by atoms with Crippen LogP contribution in [0.5, 0.6) is 5.75 Å². The van der Waals surface area contributed by atoms with E-state index in [0.29, 0.717) is 35.8 Å². The predicted molar refractivity (Wildman–Crippen MR) is 93.3 cm³/mol. The van der Waals surface area contributed by atoms with Gasteiger partial charge >= 0.3 is 0 Å². The Kier molecular flexibility index (Phi) is 5.09. The van der Waals surface area contributed by atoms with Crippen LogP contribution in [0.1, 0.15) is 22.8 Å². The number of carbonyl (C=O) groups excluding carboxylic acids is 1. The Morgan fingerprint density at radius 1 is 1.16 bits per heavy atom. The molecular weight excluding hydrogens is 321 g/mol. The van der Waals surface area contributed by atoms with Crippen molar-refractivity contribution in [2.24, 2.45) is 0 Å². The molecule has 0 aliphatic heterocycles. The molecule has 0 atom stereocenters. The standard InChI is InChI=1S/C19H18FN3O2/c1-2-25-16-9-7-14(8-10-16)19(24)21-18-11-12-23(22-18)13-15-5-3-4-6-17(15)20/h3-12H,2,13H2,1H3,(H,21,22,24). The van der Waals surface area contributed by atoms with Crippen molar-refractivity contribution < 1.29 is 13.9 Å². The Bertz CT molecular complexity index is 859. The number of ether oxygens (including phenoxy) is 1. The molecule has 5 nitrogen and oxygen atoms in total. The molecule has 128 valence electrons. The third-order valence-electron chi connectivity index (χ3n) is 3.60. The van der Waals surface area contributed by atoms with Gasteiger partial charge in [-0.05, 0) is 37.3 Å². The topological polar surface area (TPSA) is 56.1 Å². The van der Waals surface area contributed by atoms with Gasteiger partial charge in [0.25, 0.3) is 5.91 Å². The largest absolute Gasteiger partial charge is 0.494 e. The van der Waals surface area contributed by atoms with Crippen LogP contribution >= 0.6 is 0 Å². The van der Waals surface area contributed by atoms with Crippen molar-refractivity contribution in [1.82, 2.24) is 9.78 Å². The van der Waals surface area contributed by atoms with Gasteiger partial charge in [0.15, 0.2) is 5.82 Å². The van der Waals surface area contributed by atoms with Crippen LogP contribution in [-0.2, 0) is 6.54 Å². The molecule has 0 aliphatic carbocycles. The van der Waals surface area contributed by atoms with Crippen molar-refractivity contribution in [2.75, 3.05) is 11.9 Å². The van der Waals surface area contributed by atoms with E-state index >= 15 is 0 Å². The second kappa shape index (κ2) is 7.61. The first-order chi connectivity index (χ1) is 12.2. The van der Waals surface area contributed by atoms with Crippen molar-refractivity contribution >= 4 is 11.7 Å². The quantitative estimate of drug-likeness (QED) is 0.745. The van der Waals surface area contributed by atoms with E-state index in [-0.39, 0.29) is 11.7 Å². The number of amides is 1.